The lowest BCUT2D eigenvalue weighted by Crippen LogP contribution is -2.18. The van der Waals surface area contributed by atoms with Gasteiger partial charge in [0.2, 0.25) is 9.84 Å². The van der Waals surface area contributed by atoms with Crippen LogP contribution < -0.4 is 5.32 Å². The molecule has 1 aromatic heterocycles. The quantitative estimate of drug-likeness (QED) is 0.690. The molecule has 0 aliphatic carbocycles. The van der Waals surface area contributed by atoms with Crippen LogP contribution in [-0.4, -0.2) is 26.5 Å². The third-order valence-corrected chi connectivity index (χ3v) is 6.61. The van der Waals surface area contributed by atoms with Gasteiger partial charge in [-0.15, -0.1) is 0 Å². The predicted octanol–water partition coefficient (Wildman–Crippen LogP) is 3.39. The van der Waals surface area contributed by atoms with Gasteiger partial charge in [-0.25, -0.2) is 12.8 Å². The van der Waals surface area contributed by atoms with E-state index >= 15 is 0 Å². The largest absolute Gasteiger partial charge is 0.358 e. The van der Waals surface area contributed by atoms with Crippen molar-refractivity contribution in [3.63, 3.8) is 0 Å². The summed E-state index contributed by atoms with van der Waals surface area (Å²) in [5, 5.41) is 4.35. The van der Waals surface area contributed by atoms with Crippen LogP contribution in [0.3, 0.4) is 0 Å². The van der Waals surface area contributed by atoms with Crippen molar-refractivity contribution in [1.82, 2.24) is 10.3 Å². The Kier molecular flexibility index (Phi) is 3.89. The minimum Gasteiger partial charge on any atom is -0.358 e. The highest BCUT2D eigenvalue weighted by molar-refractivity contribution is 7.91. The van der Waals surface area contributed by atoms with Crippen molar-refractivity contribution in [3.05, 3.63) is 59.5 Å². The SMILES string of the molecule is CC1CNCCc2c1[nH]c1ccc(S(=O)(=O)c3ccc(F)cc3)cc21. The molecule has 4 rings (SSSR count). The molecule has 0 bridgehead atoms. The molecule has 0 saturated carbocycles. The molecule has 130 valence electrons. The van der Waals surface area contributed by atoms with Gasteiger partial charge in [0, 0.05) is 29.1 Å². The highest BCUT2D eigenvalue weighted by Gasteiger charge is 2.23. The summed E-state index contributed by atoms with van der Waals surface area (Å²) in [5.41, 5.74) is 3.32. The fourth-order valence-corrected chi connectivity index (χ4v) is 4.78. The Bertz CT molecular complexity index is 1040. The van der Waals surface area contributed by atoms with Crippen molar-refractivity contribution in [2.45, 2.75) is 29.1 Å². The number of benzene rings is 2. The Morgan fingerprint density at radius 3 is 2.56 bits per heavy atom. The number of hydrogen-bond donors (Lipinski definition) is 2. The molecule has 25 heavy (non-hydrogen) atoms. The molecule has 2 N–H and O–H groups in total. The van der Waals surface area contributed by atoms with Crippen LogP contribution in [-0.2, 0) is 16.3 Å². The van der Waals surface area contributed by atoms with Crippen LogP contribution in [0.15, 0.2) is 52.3 Å². The third-order valence-electron chi connectivity index (χ3n) is 4.84. The van der Waals surface area contributed by atoms with Crippen LogP contribution >= 0.6 is 0 Å². The molecule has 1 aliphatic rings. The van der Waals surface area contributed by atoms with E-state index in [1.807, 2.05) is 6.07 Å². The van der Waals surface area contributed by atoms with Gasteiger partial charge in [-0.05, 0) is 61.0 Å². The number of sulfone groups is 1. The third kappa shape index (κ3) is 2.75. The Hall–Kier alpha value is -2.18. The van der Waals surface area contributed by atoms with Crippen LogP contribution in [0.2, 0.25) is 0 Å². The molecule has 1 atom stereocenters. The van der Waals surface area contributed by atoms with Gasteiger partial charge in [0.15, 0.2) is 0 Å². The summed E-state index contributed by atoms with van der Waals surface area (Å²) in [5.74, 6) is -0.103. The minimum absolute atomic E-state index is 0.102. The standard InChI is InChI=1S/C19H19FN2O2S/c1-12-11-21-9-8-16-17-10-15(6-7-18(17)22-19(12)16)25(23,24)14-4-2-13(20)3-5-14/h2-7,10,12,21-22H,8-9,11H2,1H3. The molecule has 4 nitrogen and oxygen atoms in total. The second-order valence-electron chi connectivity index (χ2n) is 6.54. The van der Waals surface area contributed by atoms with Crippen molar-refractivity contribution in [3.8, 4) is 0 Å². The Labute approximate surface area is 146 Å². The Morgan fingerprint density at radius 1 is 1.08 bits per heavy atom. The number of nitrogens with one attached hydrogen (secondary N) is 2. The summed E-state index contributed by atoms with van der Waals surface area (Å²) in [6.45, 7) is 3.93. The van der Waals surface area contributed by atoms with Crippen molar-refractivity contribution in [2.24, 2.45) is 0 Å². The molecule has 2 heterocycles. The minimum atomic E-state index is -3.67. The lowest BCUT2D eigenvalue weighted by Gasteiger charge is -2.07. The van der Waals surface area contributed by atoms with Gasteiger partial charge < -0.3 is 10.3 Å². The number of halogens is 1. The molecule has 1 unspecified atom stereocenters. The van der Waals surface area contributed by atoms with Gasteiger partial charge in [0.05, 0.1) is 9.79 Å². The first-order chi connectivity index (χ1) is 12.0. The van der Waals surface area contributed by atoms with E-state index < -0.39 is 15.7 Å². The molecule has 0 saturated heterocycles. The summed E-state index contributed by atoms with van der Waals surface area (Å²) in [6.07, 6.45) is 0.861. The molecule has 1 aliphatic heterocycles. The number of aromatic nitrogens is 1. The van der Waals surface area contributed by atoms with Crippen LogP contribution in [0.25, 0.3) is 10.9 Å². The molecule has 0 spiro atoms. The van der Waals surface area contributed by atoms with Crippen molar-refractivity contribution in [2.75, 3.05) is 13.1 Å². The number of fused-ring (bicyclic) bond motifs is 3. The van der Waals surface area contributed by atoms with E-state index in [0.29, 0.717) is 5.92 Å². The first-order valence-electron chi connectivity index (χ1n) is 8.32. The molecule has 0 fully saturated rings. The first-order valence-corrected chi connectivity index (χ1v) is 9.81. The van der Waals surface area contributed by atoms with Gasteiger partial charge >= 0.3 is 0 Å². The summed E-state index contributed by atoms with van der Waals surface area (Å²) in [6, 6.07) is 10.1. The maximum Gasteiger partial charge on any atom is 0.206 e. The lowest BCUT2D eigenvalue weighted by atomic mass is 10.0. The van der Waals surface area contributed by atoms with E-state index in [2.05, 4.69) is 17.2 Å². The zero-order valence-corrected chi connectivity index (χ0v) is 14.7. The van der Waals surface area contributed by atoms with E-state index in [1.54, 1.807) is 12.1 Å². The van der Waals surface area contributed by atoms with Gasteiger partial charge in [0.1, 0.15) is 5.82 Å². The number of H-pyrrole nitrogens is 1. The van der Waals surface area contributed by atoms with Gasteiger partial charge in [-0.1, -0.05) is 6.92 Å². The summed E-state index contributed by atoms with van der Waals surface area (Å²) in [7, 11) is -3.67. The van der Waals surface area contributed by atoms with Crippen LogP contribution in [0, 0.1) is 5.82 Å². The van der Waals surface area contributed by atoms with E-state index in [4.69, 9.17) is 0 Å². The Balaban J connectivity index is 1.86. The van der Waals surface area contributed by atoms with Crippen LogP contribution in [0.1, 0.15) is 24.1 Å². The van der Waals surface area contributed by atoms with Gasteiger partial charge in [-0.3, -0.25) is 0 Å². The second-order valence-corrected chi connectivity index (χ2v) is 8.49. The van der Waals surface area contributed by atoms with E-state index in [0.717, 1.165) is 30.4 Å². The predicted molar refractivity (Wildman–Crippen MR) is 95.1 cm³/mol. The highest BCUT2D eigenvalue weighted by Crippen LogP contribution is 2.32. The normalized spacial score (nSPS) is 18.1. The van der Waals surface area contributed by atoms with Crippen LogP contribution in [0.5, 0.6) is 0 Å². The van der Waals surface area contributed by atoms with E-state index in [-0.39, 0.29) is 9.79 Å². The van der Waals surface area contributed by atoms with Crippen molar-refractivity contribution < 1.29 is 12.8 Å². The zero-order valence-electron chi connectivity index (χ0n) is 13.8. The van der Waals surface area contributed by atoms with Gasteiger partial charge in [0.25, 0.3) is 0 Å². The van der Waals surface area contributed by atoms with Crippen LogP contribution in [0.4, 0.5) is 4.39 Å². The molecule has 0 amide bonds. The summed E-state index contributed by atoms with van der Waals surface area (Å²) >= 11 is 0. The fourth-order valence-electron chi connectivity index (χ4n) is 3.49. The second kappa shape index (κ2) is 5.97. The molecule has 6 heteroatoms. The monoisotopic (exact) mass is 358 g/mol. The average molecular weight is 358 g/mol. The van der Waals surface area contributed by atoms with E-state index in [1.165, 1.54) is 35.5 Å². The molecule has 2 aromatic carbocycles. The zero-order chi connectivity index (χ0) is 17.6. The number of aromatic amines is 1. The molecule has 0 radical (unpaired) electrons. The molecule has 3 aromatic rings. The Morgan fingerprint density at radius 2 is 1.80 bits per heavy atom. The maximum absolute atomic E-state index is 13.1. The van der Waals surface area contributed by atoms with Crippen molar-refractivity contribution >= 4 is 20.7 Å². The number of hydrogen-bond acceptors (Lipinski definition) is 3. The lowest BCUT2D eigenvalue weighted by molar-refractivity contribution is 0.595. The smallest absolute Gasteiger partial charge is 0.206 e. The highest BCUT2D eigenvalue weighted by atomic mass is 32.2. The first kappa shape index (κ1) is 16.3. The topological polar surface area (TPSA) is 62.0 Å². The molecular formula is C19H19FN2O2S. The fraction of sp³-hybridized carbons (Fsp3) is 0.263. The number of rotatable bonds is 2. The van der Waals surface area contributed by atoms with Crippen molar-refractivity contribution in [1.29, 1.82) is 0 Å². The maximum atomic E-state index is 13.1. The van der Waals surface area contributed by atoms with Gasteiger partial charge in [-0.2, -0.15) is 0 Å². The molecular weight excluding hydrogens is 339 g/mol. The van der Waals surface area contributed by atoms with E-state index in [9.17, 15) is 12.8 Å². The summed E-state index contributed by atoms with van der Waals surface area (Å²) < 4.78 is 38.8. The average Bonchev–Trinajstić information content (AvgIpc) is 2.87. The summed E-state index contributed by atoms with van der Waals surface area (Å²) in [4.78, 5) is 3.78.